The number of nitrogens with zero attached hydrogens (tertiary/aromatic N) is 1. The summed E-state index contributed by atoms with van der Waals surface area (Å²) in [4.78, 5) is 14.4. The second-order valence-corrected chi connectivity index (χ2v) is 5.76. The Labute approximate surface area is 110 Å². The van der Waals surface area contributed by atoms with Crippen LogP contribution in [-0.2, 0) is 9.53 Å². The number of esters is 1. The molecule has 4 nitrogen and oxygen atoms in total. The summed E-state index contributed by atoms with van der Waals surface area (Å²) < 4.78 is 4.92. The third-order valence-corrected chi connectivity index (χ3v) is 4.37. The monoisotopic (exact) mass is 254 g/mol. The fourth-order valence-corrected chi connectivity index (χ4v) is 2.78. The fraction of sp³-hybridized carbons (Fsp3) is 0.929. The number of carbonyl (C=O) groups excluding carboxylic acids is 1. The highest BCUT2D eigenvalue weighted by Crippen LogP contribution is 2.30. The highest BCUT2D eigenvalue weighted by atomic mass is 16.5. The molecule has 3 unspecified atom stereocenters. The lowest BCUT2D eigenvalue weighted by molar-refractivity contribution is -0.144. The van der Waals surface area contributed by atoms with Crippen LogP contribution in [0.5, 0.6) is 0 Å². The first-order chi connectivity index (χ1) is 8.65. The highest BCUT2D eigenvalue weighted by Gasteiger charge is 2.36. The average molecular weight is 254 g/mol. The number of carbonyl (C=O) groups is 1. The van der Waals surface area contributed by atoms with Gasteiger partial charge in [0.25, 0.3) is 0 Å². The number of rotatable bonds is 6. The molecule has 3 atom stereocenters. The second kappa shape index (κ2) is 6.02. The van der Waals surface area contributed by atoms with Gasteiger partial charge in [0.15, 0.2) is 0 Å². The standard InChI is InChI=1S/C14H26N2O2/c1-4-10(2)13(14(17)18-3)15-11-7-8-16(9-11)12-5-6-12/h10-13,15H,4-9H2,1-3H3. The zero-order chi connectivity index (χ0) is 13.1. The quantitative estimate of drug-likeness (QED) is 0.728. The summed E-state index contributed by atoms with van der Waals surface area (Å²) >= 11 is 0. The van der Waals surface area contributed by atoms with Gasteiger partial charge in [-0.25, -0.2) is 0 Å². The third-order valence-electron chi connectivity index (χ3n) is 4.37. The van der Waals surface area contributed by atoms with E-state index < -0.39 is 0 Å². The van der Waals surface area contributed by atoms with E-state index in [1.54, 1.807) is 0 Å². The SMILES string of the molecule is CCC(C)C(NC1CCN(C2CC2)C1)C(=O)OC. The van der Waals surface area contributed by atoms with Crippen molar-refractivity contribution in [1.82, 2.24) is 10.2 Å². The zero-order valence-corrected chi connectivity index (χ0v) is 11.8. The minimum absolute atomic E-state index is 0.116. The van der Waals surface area contributed by atoms with Gasteiger partial charge in [-0.2, -0.15) is 0 Å². The topological polar surface area (TPSA) is 41.6 Å². The van der Waals surface area contributed by atoms with Gasteiger partial charge in [-0.3, -0.25) is 9.69 Å². The van der Waals surface area contributed by atoms with Gasteiger partial charge in [0.2, 0.25) is 0 Å². The summed E-state index contributed by atoms with van der Waals surface area (Å²) in [6.07, 6.45) is 4.86. The fourth-order valence-electron chi connectivity index (χ4n) is 2.78. The number of hydrogen-bond acceptors (Lipinski definition) is 4. The maximum absolute atomic E-state index is 11.8. The van der Waals surface area contributed by atoms with Gasteiger partial charge in [0.1, 0.15) is 6.04 Å². The Kier molecular flexibility index (Phi) is 4.62. The largest absolute Gasteiger partial charge is 0.468 e. The van der Waals surface area contributed by atoms with Crippen molar-refractivity contribution in [2.24, 2.45) is 5.92 Å². The number of nitrogens with one attached hydrogen (secondary N) is 1. The van der Waals surface area contributed by atoms with E-state index in [9.17, 15) is 4.79 Å². The summed E-state index contributed by atoms with van der Waals surface area (Å²) in [5.74, 6) is 0.210. The van der Waals surface area contributed by atoms with E-state index >= 15 is 0 Å². The molecule has 0 aromatic carbocycles. The molecule has 2 rings (SSSR count). The molecule has 4 heteroatoms. The molecule has 0 spiro atoms. The highest BCUT2D eigenvalue weighted by molar-refractivity contribution is 5.76. The Hall–Kier alpha value is -0.610. The lowest BCUT2D eigenvalue weighted by atomic mass is 9.98. The van der Waals surface area contributed by atoms with E-state index in [0.717, 1.165) is 25.4 Å². The minimum Gasteiger partial charge on any atom is -0.468 e. The molecule has 1 heterocycles. The molecule has 1 aliphatic carbocycles. The summed E-state index contributed by atoms with van der Waals surface area (Å²) in [5, 5.41) is 3.51. The van der Waals surface area contributed by atoms with Crippen molar-refractivity contribution in [3.8, 4) is 0 Å². The predicted octanol–water partition coefficient (Wildman–Crippen LogP) is 1.40. The molecule has 2 aliphatic rings. The Balaban J connectivity index is 1.86. The zero-order valence-electron chi connectivity index (χ0n) is 11.8. The molecule has 1 saturated heterocycles. The van der Waals surface area contributed by atoms with Gasteiger partial charge in [0, 0.05) is 25.2 Å². The number of ether oxygens (including phenoxy) is 1. The predicted molar refractivity (Wildman–Crippen MR) is 71.4 cm³/mol. The van der Waals surface area contributed by atoms with E-state index in [1.807, 2.05) is 0 Å². The van der Waals surface area contributed by atoms with Crippen molar-refractivity contribution in [1.29, 1.82) is 0 Å². The molecule has 0 bridgehead atoms. The average Bonchev–Trinajstić information content (AvgIpc) is 3.14. The Bertz CT molecular complexity index is 292. The van der Waals surface area contributed by atoms with E-state index in [0.29, 0.717) is 12.0 Å². The van der Waals surface area contributed by atoms with E-state index in [2.05, 4.69) is 24.1 Å². The summed E-state index contributed by atoms with van der Waals surface area (Å²) in [6.45, 7) is 6.50. The van der Waals surface area contributed by atoms with Crippen LogP contribution in [0.15, 0.2) is 0 Å². The molecule has 18 heavy (non-hydrogen) atoms. The van der Waals surface area contributed by atoms with Crippen LogP contribution in [0, 0.1) is 5.92 Å². The van der Waals surface area contributed by atoms with Crippen LogP contribution >= 0.6 is 0 Å². The van der Waals surface area contributed by atoms with E-state index in [4.69, 9.17) is 4.74 Å². The molecule has 0 aromatic rings. The van der Waals surface area contributed by atoms with E-state index in [-0.39, 0.29) is 12.0 Å². The molecule has 0 aromatic heterocycles. The number of methoxy groups -OCH3 is 1. The number of hydrogen-bond donors (Lipinski definition) is 1. The third kappa shape index (κ3) is 3.23. The van der Waals surface area contributed by atoms with Gasteiger partial charge in [-0.1, -0.05) is 20.3 Å². The lowest BCUT2D eigenvalue weighted by Gasteiger charge is -2.25. The Morgan fingerprint density at radius 1 is 1.44 bits per heavy atom. The van der Waals surface area contributed by atoms with Gasteiger partial charge in [-0.05, 0) is 25.2 Å². The molecule has 104 valence electrons. The van der Waals surface area contributed by atoms with Crippen LogP contribution < -0.4 is 5.32 Å². The first kappa shape index (κ1) is 13.8. The van der Waals surface area contributed by atoms with Crippen LogP contribution in [0.3, 0.4) is 0 Å². The van der Waals surface area contributed by atoms with Gasteiger partial charge >= 0.3 is 5.97 Å². The van der Waals surface area contributed by atoms with Crippen LogP contribution in [0.4, 0.5) is 0 Å². The van der Waals surface area contributed by atoms with Gasteiger partial charge in [-0.15, -0.1) is 0 Å². The number of likely N-dealkylation sites (tertiary alicyclic amines) is 1. The smallest absolute Gasteiger partial charge is 0.323 e. The van der Waals surface area contributed by atoms with Crippen molar-refractivity contribution >= 4 is 5.97 Å². The normalized spacial score (nSPS) is 28.1. The molecular weight excluding hydrogens is 228 g/mol. The Morgan fingerprint density at radius 2 is 2.17 bits per heavy atom. The second-order valence-electron chi connectivity index (χ2n) is 5.76. The summed E-state index contributed by atoms with van der Waals surface area (Å²) in [5.41, 5.74) is 0. The van der Waals surface area contributed by atoms with Crippen molar-refractivity contribution < 1.29 is 9.53 Å². The maximum Gasteiger partial charge on any atom is 0.323 e. The molecule has 1 saturated carbocycles. The summed E-state index contributed by atoms with van der Waals surface area (Å²) in [6, 6.07) is 1.13. The van der Waals surface area contributed by atoms with E-state index in [1.165, 1.54) is 26.5 Å². The van der Waals surface area contributed by atoms with Gasteiger partial charge in [0.05, 0.1) is 7.11 Å². The lowest BCUT2D eigenvalue weighted by Crippen LogP contribution is -2.48. The first-order valence-corrected chi connectivity index (χ1v) is 7.23. The molecular formula is C14H26N2O2. The molecule has 0 radical (unpaired) electrons. The Morgan fingerprint density at radius 3 is 2.72 bits per heavy atom. The minimum atomic E-state index is -0.149. The molecule has 1 N–H and O–H groups in total. The van der Waals surface area contributed by atoms with Crippen molar-refractivity contribution in [3.63, 3.8) is 0 Å². The maximum atomic E-state index is 11.8. The molecule has 1 aliphatic heterocycles. The molecule has 0 amide bonds. The van der Waals surface area contributed by atoms with Crippen molar-refractivity contribution in [2.45, 2.75) is 57.7 Å². The van der Waals surface area contributed by atoms with Crippen LogP contribution in [0.2, 0.25) is 0 Å². The summed E-state index contributed by atoms with van der Waals surface area (Å²) in [7, 11) is 1.48. The first-order valence-electron chi connectivity index (χ1n) is 7.23. The van der Waals surface area contributed by atoms with Crippen molar-refractivity contribution in [3.05, 3.63) is 0 Å². The molecule has 2 fully saturated rings. The van der Waals surface area contributed by atoms with Crippen LogP contribution in [-0.4, -0.2) is 49.2 Å². The van der Waals surface area contributed by atoms with Gasteiger partial charge < -0.3 is 10.1 Å². The van der Waals surface area contributed by atoms with Crippen LogP contribution in [0.1, 0.15) is 39.5 Å². The van der Waals surface area contributed by atoms with Crippen LogP contribution in [0.25, 0.3) is 0 Å². The van der Waals surface area contributed by atoms with Crippen molar-refractivity contribution in [2.75, 3.05) is 20.2 Å².